The molecule has 0 saturated heterocycles. The number of hydrogen-bond acceptors (Lipinski definition) is 3. The molecule has 0 spiro atoms. The quantitative estimate of drug-likeness (QED) is 0.750. The molecule has 25 heavy (non-hydrogen) atoms. The third kappa shape index (κ3) is 4.64. The number of aliphatic hydroxyl groups is 1. The van der Waals surface area contributed by atoms with Crippen LogP contribution >= 0.6 is 0 Å². The van der Waals surface area contributed by atoms with E-state index < -0.39 is 29.2 Å². The van der Waals surface area contributed by atoms with E-state index in [1.165, 1.54) is 18.2 Å². The molecule has 0 heterocycles. The zero-order valence-corrected chi connectivity index (χ0v) is 14.0. The summed E-state index contributed by atoms with van der Waals surface area (Å²) in [5.74, 6) is -1.85. The van der Waals surface area contributed by atoms with Crippen LogP contribution in [0.1, 0.15) is 37.5 Å². The molecular formula is C19H20FNO4. The van der Waals surface area contributed by atoms with E-state index >= 15 is 0 Å². The molecule has 2 rings (SSSR count). The van der Waals surface area contributed by atoms with Crippen molar-refractivity contribution >= 4 is 17.6 Å². The van der Waals surface area contributed by atoms with E-state index in [0.29, 0.717) is 16.8 Å². The number of halogens is 1. The Morgan fingerprint density at radius 2 is 1.80 bits per heavy atom. The van der Waals surface area contributed by atoms with Crippen molar-refractivity contribution in [3.05, 3.63) is 65.5 Å². The molecule has 1 unspecified atom stereocenters. The lowest BCUT2D eigenvalue weighted by Gasteiger charge is -2.20. The fraction of sp³-hybridized carbons (Fsp3) is 0.263. The van der Waals surface area contributed by atoms with E-state index in [4.69, 9.17) is 0 Å². The molecule has 5 nitrogen and oxygen atoms in total. The second-order valence-corrected chi connectivity index (χ2v) is 6.33. The predicted octanol–water partition coefficient (Wildman–Crippen LogP) is 3.25. The molecule has 3 N–H and O–H groups in total. The topological polar surface area (TPSA) is 86.6 Å². The predicted molar refractivity (Wildman–Crippen MR) is 91.7 cm³/mol. The van der Waals surface area contributed by atoms with Crippen LogP contribution in [0, 0.1) is 5.82 Å². The summed E-state index contributed by atoms with van der Waals surface area (Å²) in [5.41, 5.74) is 0.392. The number of hydrogen-bond donors (Lipinski definition) is 3. The summed E-state index contributed by atoms with van der Waals surface area (Å²) in [6.45, 7) is 3.19. The van der Waals surface area contributed by atoms with E-state index in [2.05, 4.69) is 5.32 Å². The first-order chi connectivity index (χ1) is 11.7. The minimum Gasteiger partial charge on any atom is -0.481 e. The second kappa shape index (κ2) is 7.44. The Kier molecular flexibility index (Phi) is 5.54. The Labute approximate surface area is 145 Å². The van der Waals surface area contributed by atoms with E-state index in [1.807, 2.05) is 0 Å². The average Bonchev–Trinajstić information content (AvgIpc) is 2.55. The smallest absolute Gasteiger partial charge is 0.313 e. The monoisotopic (exact) mass is 345 g/mol. The van der Waals surface area contributed by atoms with Gasteiger partial charge in [0.25, 0.3) is 0 Å². The lowest BCUT2D eigenvalue weighted by atomic mass is 9.85. The van der Waals surface area contributed by atoms with Gasteiger partial charge < -0.3 is 15.5 Å². The van der Waals surface area contributed by atoms with Crippen LogP contribution in [0.2, 0.25) is 0 Å². The third-order valence-corrected chi connectivity index (χ3v) is 4.04. The van der Waals surface area contributed by atoms with Crippen LogP contribution < -0.4 is 5.32 Å². The molecule has 2 aromatic rings. The second-order valence-electron chi connectivity index (χ2n) is 6.33. The molecule has 0 aliphatic heterocycles. The normalized spacial score (nSPS) is 12.5. The van der Waals surface area contributed by atoms with Gasteiger partial charge in [-0.05, 0) is 49.2 Å². The lowest BCUT2D eigenvalue weighted by Crippen LogP contribution is -2.28. The van der Waals surface area contributed by atoms with Crippen molar-refractivity contribution in [1.29, 1.82) is 0 Å². The summed E-state index contributed by atoms with van der Waals surface area (Å²) >= 11 is 0. The molecular weight excluding hydrogens is 325 g/mol. The summed E-state index contributed by atoms with van der Waals surface area (Å²) in [7, 11) is 0. The van der Waals surface area contributed by atoms with Gasteiger partial charge in [-0.2, -0.15) is 0 Å². The number of nitrogens with one attached hydrogen (secondary N) is 1. The third-order valence-electron chi connectivity index (χ3n) is 4.04. The van der Waals surface area contributed by atoms with Crippen LogP contribution in [0.3, 0.4) is 0 Å². The number of carbonyl (C=O) groups is 2. The van der Waals surface area contributed by atoms with Crippen LogP contribution in [0.4, 0.5) is 10.1 Å². The van der Waals surface area contributed by atoms with E-state index in [0.717, 1.165) is 0 Å². The zero-order chi connectivity index (χ0) is 18.6. The molecule has 0 bridgehead atoms. The summed E-state index contributed by atoms with van der Waals surface area (Å²) in [6.07, 6.45) is -1.33. The maximum Gasteiger partial charge on any atom is 0.313 e. The molecule has 6 heteroatoms. The number of aliphatic carboxylic acids is 1. The van der Waals surface area contributed by atoms with Crippen molar-refractivity contribution in [3.63, 3.8) is 0 Å². The highest BCUT2D eigenvalue weighted by Gasteiger charge is 2.29. The van der Waals surface area contributed by atoms with Crippen molar-refractivity contribution in [3.8, 4) is 0 Å². The van der Waals surface area contributed by atoms with Crippen LogP contribution in [0.25, 0.3) is 0 Å². The number of amides is 1. The maximum absolute atomic E-state index is 13.1. The van der Waals surface area contributed by atoms with Crippen molar-refractivity contribution < 1.29 is 24.2 Å². The average molecular weight is 345 g/mol. The van der Waals surface area contributed by atoms with Gasteiger partial charge in [-0.15, -0.1) is 0 Å². The van der Waals surface area contributed by atoms with Gasteiger partial charge in [0.1, 0.15) is 5.82 Å². The van der Waals surface area contributed by atoms with Crippen molar-refractivity contribution in [2.24, 2.45) is 0 Å². The van der Waals surface area contributed by atoms with Crippen molar-refractivity contribution in [1.82, 2.24) is 0 Å². The van der Waals surface area contributed by atoms with Crippen LogP contribution in [-0.2, 0) is 15.0 Å². The van der Waals surface area contributed by atoms with Gasteiger partial charge in [-0.1, -0.05) is 24.3 Å². The van der Waals surface area contributed by atoms with Gasteiger partial charge in [-0.3, -0.25) is 9.59 Å². The Balaban J connectivity index is 2.00. The van der Waals surface area contributed by atoms with Crippen LogP contribution in [-0.4, -0.2) is 22.1 Å². The summed E-state index contributed by atoms with van der Waals surface area (Å²) in [5, 5.41) is 21.8. The number of rotatable bonds is 6. The summed E-state index contributed by atoms with van der Waals surface area (Å²) in [4.78, 5) is 23.3. The Bertz CT molecular complexity index is 771. The minimum atomic E-state index is -1.11. The lowest BCUT2D eigenvalue weighted by molar-refractivity contribution is -0.142. The number of carboxylic acids is 1. The van der Waals surface area contributed by atoms with E-state index in [-0.39, 0.29) is 6.42 Å². The molecule has 0 aliphatic carbocycles. The zero-order valence-electron chi connectivity index (χ0n) is 14.0. The number of aliphatic hydroxyl groups excluding tert-OH is 1. The molecule has 132 valence electrons. The van der Waals surface area contributed by atoms with Crippen LogP contribution in [0.5, 0.6) is 0 Å². The molecule has 0 fully saturated rings. The fourth-order valence-electron chi connectivity index (χ4n) is 2.31. The highest BCUT2D eigenvalue weighted by molar-refractivity contribution is 5.91. The molecule has 2 aromatic carbocycles. The molecule has 0 saturated carbocycles. The van der Waals surface area contributed by atoms with Gasteiger partial charge in [0, 0.05) is 5.69 Å². The largest absolute Gasteiger partial charge is 0.481 e. The van der Waals surface area contributed by atoms with Crippen molar-refractivity contribution in [2.45, 2.75) is 31.8 Å². The van der Waals surface area contributed by atoms with Gasteiger partial charge >= 0.3 is 5.97 Å². The van der Waals surface area contributed by atoms with E-state index in [9.17, 15) is 24.2 Å². The molecule has 0 radical (unpaired) electrons. The molecule has 1 amide bonds. The number of anilines is 1. The molecule has 0 aromatic heterocycles. The molecule has 1 atom stereocenters. The first-order valence-electron chi connectivity index (χ1n) is 7.77. The Morgan fingerprint density at radius 3 is 2.36 bits per heavy atom. The fourth-order valence-corrected chi connectivity index (χ4v) is 2.31. The highest BCUT2D eigenvalue weighted by atomic mass is 19.1. The standard InChI is InChI=1S/C19H20FNO4/c1-19(2,18(24)25)13-6-8-15(9-7-13)21-17(23)11-16(22)12-4-3-5-14(20)10-12/h3-10,16,22H,11H2,1-2H3,(H,21,23)(H,24,25). The Hall–Kier alpha value is -2.73. The van der Waals surface area contributed by atoms with Gasteiger partial charge in [-0.25, -0.2) is 4.39 Å². The first kappa shape index (κ1) is 18.6. The van der Waals surface area contributed by atoms with Gasteiger partial charge in [0.05, 0.1) is 17.9 Å². The number of carbonyl (C=O) groups excluding carboxylic acids is 1. The SMILES string of the molecule is CC(C)(C(=O)O)c1ccc(NC(=O)CC(O)c2cccc(F)c2)cc1. The van der Waals surface area contributed by atoms with Gasteiger partial charge in [0.15, 0.2) is 0 Å². The maximum atomic E-state index is 13.1. The number of carboxylic acid groups (broad SMARTS) is 1. The summed E-state index contributed by atoms with van der Waals surface area (Å²) < 4.78 is 13.1. The highest BCUT2D eigenvalue weighted by Crippen LogP contribution is 2.25. The Morgan fingerprint density at radius 1 is 1.16 bits per heavy atom. The molecule has 0 aliphatic rings. The first-order valence-corrected chi connectivity index (χ1v) is 7.77. The van der Waals surface area contributed by atoms with Crippen molar-refractivity contribution in [2.75, 3.05) is 5.32 Å². The number of benzene rings is 2. The minimum absolute atomic E-state index is 0.216. The van der Waals surface area contributed by atoms with E-state index in [1.54, 1.807) is 44.2 Å². The van der Waals surface area contributed by atoms with Crippen LogP contribution in [0.15, 0.2) is 48.5 Å². The van der Waals surface area contributed by atoms with Gasteiger partial charge in [0.2, 0.25) is 5.91 Å². The summed E-state index contributed by atoms with van der Waals surface area (Å²) in [6, 6.07) is 11.9.